The van der Waals surface area contributed by atoms with Crippen molar-refractivity contribution in [3.05, 3.63) is 51.3 Å². The summed E-state index contributed by atoms with van der Waals surface area (Å²) >= 11 is 4.81. The van der Waals surface area contributed by atoms with Crippen LogP contribution in [0.5, 0.6) is 0 Å². The highest BCUT2D eigenvalue weighted by Crippen LogP contribution is 2.33. The minimum Gasteiger partial charge on any atom is -0.481 e. The third kappa shape index (κ3) is 20.5. The Morgan fingerprint density at radius 2 is 1.22 bits per heavy atom. The van der Waals surface area contributed by atoms with E-state index in [-0.39, 0.29) is 0 Å². The Morgan fingerprint density at radius 3 is 1.26 bits per heavy atom. The fourth-order valence-electron chi connectivity index (χ4n) is 0.703. The van der Waals surface area contributed by atoms with E-state index < -0.39 is 19.7 Å². The highest BCUT2D eigenvalue weighted by Gasteiger charge is 2.17. The van der Waals surface area contributed by atoms with E-state index in [0.29, 0.717) is 0 Å². The number of thiazole rings is 3. The molecule has 126 valence electrons. The molecular formula is C11H14N3O5PS3. The van der Waals surface area contributed by atoms with Gasteiger partial charge in [-0.05, 0) is 0 Å². The molecule has 0 aromatic carbocycles. The van der Waals surface area contributed by atoms with E-state index in [0.717, 1.165) is 0 Å². The molecular weight excluding hydrogens is 381 g/mol. The first-order valence-electron chi connectivity index (χ1n) is 5.64. The Kier molecular flexibility index (Phi) is 13.2. The van der Waals surface area contributed by atoms with Crippen LogP contribution in [0.15, 0.2) is 51.3 Å². The zero-order valence-corrected chi connectivity index (χ0v) is 14.9. The van der Waals surface area contributed by atoms with Crippen molar-refractivity contribution in [3.63, 3.8) is 0 Å². The molecule has 0 spiro atoms. The van der Waals surface area contributed by atoms with E-state index in [1.165, 1.54) is 0 Å². The Balaban J connectivity index is 0.000000286. The standard InChI is InChI=1S/3C3H3NS.C2H5O5P/c3*1-2-5-3-4-1;3-2(4)1-8(5,6)7/h3*1-3H;1H2,(H,3,4)(H2,5,6,7). The van der Waals surface area contributed by atoms with Crippen molar-refractivity contribution in [2.75, 3.05) is 6.16 Å². The number of rotatable bonds is 2. The summed E-state index contributed by atoms with van der Waals surface area (Å²) in [6, 6.07) is 0. The summed E-state index contributed by atoms with van der Waals surface area (Å²) in [5.74, 6) is -1.49. The van der Waals surface area contributed by atoms with Gasteiger partial charge in [-0.2, -0.15) is 0 Å². The van der Waals surface area contributed by atoms with Gasteiger partial charge < -0.3 is 14.9 Å². The second-order valence-electron chi connectivity index (χ2n) is 3.24. The molecule has 0 saturated carbocycles. The maximum Gasteiger partial charge on any atom is 0.336 e. The van der Waals surface area contributed by atoms with Crippen molar-refractivity contribution >= 4 is 47.6 Å². The summed E-state index contributed by atoms with van der Waals surface area (Å²) in [4.78, 5) is 36.6. The van der Waals surface area contributed by atoms with Crippen molar-refractivity contribution < 1.29 is 24.3 Å². The topological polar surface area (TPSA) is 134 Å². The Bertz CT molecular complexity index is 499. The predicted octanol–water partition coefficient (Wildman–Crippen LogP) is 2.68. The third-order valence-electron chi connectivity index (χ3n) is 1.38. The zero-order valence-electron chi connectivity index (χ0n) is 11.6. The second-order valence-corrected chi connectivity index (χ2v) is 7.15. The van der Waals surface area contributed by atoms with Gasteiger partial charge in [0.15, 0.2) is 0 Å². The number of carbonyl (C=O) groups is 1. The average molecular weight is 395 g/mol. The smallest absolute Gasteiger partial charge is 0.336 e. The molecule has 0 atom stereocenters. The molecule has 0 aliphatic heterocycles. The quantitative estimate of drug-likeness (QED) is 0.564. The van der Waals surface area contributed by atoms with E-state index in [2.05, 4.69) is 15.0 Å². The van der Waals surface area contributed by atoms with E-state index in [4.69, 9.17) is 14.9 Å². The van der Waals surface area contributed by atoms with Gasteiger partial charge in [0.25, 0.3) is 0 Å². The number of aliphatic carboxylic acids is 1. The molecule has 3 aromatic heterocycles. The van der Waals surface area contributed by atoms with Crippen LogP contribution in [-0.4, -0.2) is 42.0 Å². The molecule has 0 unspecified atom stereocenters. The molecule has 0 fully saturated rings. The summed E-state index contributed by atoms with van der Waals surface area (Å²) in [5.41, 5.74) is 5.38. The summed E-state index contributed by atoms with van der Waals surface area (Å²) in [5, 5.41) is 13.5. The predicted molar refractivity (Wildman–Crippen MR) is 90.9 cm³/mol. The van der Waals surface area contributed by atoms with E-state index in [1.54, 1.807) is 69.1 Å². The molecule has 0 aliphatic carbocycles. The van der Waals surface area contributed by atoms with Gasteiger partial charge in [0.1, 0.15) is 6.16 Å². The molecule has 0 radical (unpaired) electrons. The number of aromatic nitrogens is 3. The molecule has 3 heterocycles. The van der Waals surface area contributed by atoms with Gasteiger partial charge in [-0.15, -0.1) is 34.0 Å². The van der Waals surface area contributed by atoms with Crippen molar-refractivity contribution in [1.82, 2.24) is 15.0 Å². The molecule has 0 bridgehead atoms. The van der Waals surface area contributed by atoms with E-state index in [1.807, 2.05) is 16.1 Å². The normalized spacial score (nSPS) is 9.13. The maximum atomic E-state index is 9.76. The molecule has 23 heavy (non-hydrogen) atoms. The minimum absolute atomic E-state index is 1.09. The summed E-state index contributed by atoms with van der Waals surface area (Å²) < 4.78 is 9.76. The molecule has 8 nitrogen and oxygen atoms in total. The first kappa shape index (κ1) is 21.5. The SMILES string of the molecule is O=C(O)CP(=O)(O)O.c1cscn1.c1cscn1.c1cscn1. The number of hydrogen-bond donors (Lipinski definition) is 3. The zero-order chi connectivity index (χ0) is 17.4. The molecule has 0 amide bonds. The fourth-order valence-corrected chi connectivity index (χ4v) is 2.11. The number of nitrogens with zero attached hydrogens (tertiary/aromatic N) is 3. The molecule has 12 heteroatoms. The molecule has 3 rings (SSSR count). The van der Waals surface area contributed by atoms with Crippen LogP contribution >= 0.6 is 41.6 Å². The largest absolute Gasteiger partial charge is 0.481 e. The monoisotopic (exact) mass is 395 g/mol. The Hall–Kier alpha value is -1.49. The first-order chi connectivity index (χ1) is 10.9. The lowest BCUT2D eigenvalue weighted by Gasteiger charge is -1.95. The maximum absolute atomic E-state index is 9.76. The van der Waals surface area contributed by atoms with Crippen molar-refractivity contribution in [3.8, 4) is 0 Å². The third-order valence-corrected chi connectivity index (χ3v) is 3.63. The number of carboxylic acids is 1. The summed E-state index contributed by atoms with van der Waals surface area (Å²) in [6.45, 7) is 0. The minimum atomic E-state index is -4.32. The van der Waals surface area contributed by atoms with Crippen LogP contribution in [0.2, 0.25) is 0 Å². The highest BCUT2D eigenvalue weighted by molar-refractivity contribution is 7.52. The van der Waals surface area contributed by atoms with Gasteiger partial charge >= 0.3 is 13.6 Å². The summed E-state index contributed by atoms with van der Waals surface area (Å²) in [7, 11) is -4.32. The molecule has 0 aliphatic rings. The molecule has 3 N–H and O–H groups in total. The second kappa shape index (κ2) is 14.1. The van der Waals surface area contributed by atoms with Crippen LogP contribution in [0.3, 0.4) is 0 Å². The van der Waals surface area contributed by atoms with Crippen LogP contribution in [0.4, 0.5) is 0 Å². The van der Waals surface area contributed by atoms with Crippen molar-refractivity contribution in [1.29, 1.82) is 0 Å². The van der Waals surface area contributed by atoms with E-state index in [9.17, 15) is 9.36 Å². The molecule has 0 saturated heterocycles. The Labute approximate surface area is 144 Å². The van der Waals surface area contributed by atoms with Crippen molar-refractivity contribution in [2.24, 2.45) is 0 Å². The lowest BCUT2D eigenvalue weighted by atomic mass is 10.8. The number of hydrogen-bond acceptors (Lipinski definition) is 8. The lowest BCUT2D eigenvalue weighted by molar-refractivity contribution is -0.134. The van der Waals surface area contributed by atoms with Gasteiger partial charge in [-0.3, -0.25) is 24.3 Å². The van der Waals surface area contributed by atoms with E-state index >= 15 is 0 Å². The van der Waals surface area contributed by atoms with Gasteiger partial charge in [-0.1, -0.05) is 0 Å². The van der Waals surface area contributed by atoms with Gasteiger partial charge in [0.2, 0.25) is 0 Å². The highest BCUT2D eigenvalue weighted by atomic mass is 32.1. The van der Waals surface area contributed by atoms with Crippen LogP contribution in [0.25, 0.3) is 0 Å². The van der Waals surface area contributed by atoms with Gasteiger partial charge in [0, 0.05) is 34.7 Å². The van der Waals surface area contributed by atoms with Crippen LogP contribution in [-0.2, 0) is 9.36 Å². The van der Waals surface area contributed by atoms with Gasteiger partial charge in [-0.25, -0.2) is 0 Å². The van der Waals surface area contributed by atoms with Gasteiger partial charge in [0.05, 0.1) is 16.5 Å². The number of carboxylic acid groups (broad SMARTS) is 1. The average Bonchev–Trinajstić information content (AvgIpc) is 3.24. The first-order valence-corrected chi connectivity index (χ1v) is 10.3. The van der Waals surface area contributed by atoms with Crippen molar-refractivity contribution in [2.45, 2.75) is 0 Å². The summed E-state index contributed by atoms with van der Waals surface area (Å²) in [6.07, 6.45) is 4.22. The molecule has 3 aromatic rings. The Morgan fingerprint density at radius 1 is 0.870 bits per heavy atom. The van der Waals surface area contributed by atoms with Crippen LogP contribution in [0.1, 0.15) is 0 Å². The van der Waals surface area contributed by atoms with Crippen LogP contribution in [0, 0.1) is 0 Å². The van der Waals surface area contributed by atoms with Crippen LogP contribution < -0.4 is 0 Å². The lowest BCUT2D eigenvalue weighted by Crippen LogP contribution is -2.01. The fraction of sp³-hybridized carbons (Fsp3) is 0.0909.